The molecule has 0 aliphatic carbocycles. The molecule has 0 aliphatic heterocycles. The second kappa shape index (κ2) is 5.75. The zero-order valence-corrected chi connectivity index (χ0v) is 14.2. The molecule has 0 aliphatic rings. The van der Waals surface area contributed by atoms with Gasteiger partial charge in [0.15, 0.2) is 0 Å². The van der Waals surface area contributed by atoms with Crippen molar-refractivity contribution in [2.24, 2.45) is 0 Å². The number of rotatable bonds is 4. The molecule has 0 radical (unpaired) electrons. The average molecular weight is 325 g/mol. The Morgan fingerprint density at radius 1 is 1.24 bits per heavy atom. The number of sulfonamides is 1. The van der Waals surface area contributed by atoms with E-state index in [1.54, 1.807) is 25.4 Å². The van der Waals surface area contributed by atoms with E-state index in [1.165, 1.54) is 11.3 Å². The standard InChI is InChI=1S/C14H19N3O2S2/c1-8-5-9(2)14(10(3)13(8)15)21(18,19)17-6-12-11(4)16-7-20-12/h5,7,17H,6,15H2,1-4H3. The first-order valence-electron chi connectivity index (χ1n) is 6.49. The van der Waals surface area contributed by atoms with Crippen molar-refractivity contribution in [1.29, 1.82) is 0 Å². The number of nitrogens with zero attached hydrogens (tertiary/aromatic N) is 1. The number of hydrogen-bond acceptors (Lipinski definition) is 5. The van der Waals surface area contributed by atoms with Gasteiger partial charge < -0.3 is 5.73 Å². The molecule has 3 N–H and O–H groups in total. The lowest BCUT2D eigenvalue weighted by atomic mass is 10.1. The van der Waals surface area contributed by atoms with Crippen LogP contribution in [0.4, 0.5) is 5.69 Å². The summed E-state index contributed by atoms with van der Waals surface area (Å²) < 4.78 is 27.8. The number of thiazole rings is 1. The van der Waals surface area contributed by atoms with Gasteiger partial charge in [-0.2, -0.15) is 0 Å². The second-order valence-electron chi connectivity index (χ2n) is 5.06. The van der Waals surface area contributed by atoms with Gasteiger partial charge in [-0.25, -0.2) is 18.1 Å². The van der Waals surface area contributed by atoms with Crippen molar-refractivity contribution in [3.8, 4) is 0 Å². The van der Waals surface area contributed by atoms with Crippen molar-refractivity contribution in [2.45, 2.75) is 39.1 Å². The van der Waals surface area contributed by atoms with E-state index in [2.05, 4.69) is 9.71 Å². The highest BCUT2D eigenvalue weighted by molar-refractivity contribution is 7.89. The highest BCUT2D eigenvalue weighted by Crippen LogP contribution is 2.28. The van der Waals surface area contributed by atoms with Crippen LogP contribution in [0.5, 0.6) is 0 Å². The van der Waals surface area contributed by atoms with Crippen LogP contribution < -0.4 is 10.5 Å². The Morgan fingerprint density at radius 3 is 2.48 bits per heavy atom. The maximum Gasteiger partial charge on any atom is 0.241 e. The van der Waals surface area contributed by atoms with Crippen molar-refractivity contribution in [3.63, 3.8) is 0 Å². The van der Waals surface area contributed by atoms with Gasteiger partial charge in [0.05, 0.1) is 16.1 Å². The van der Waals surface area contributed by atoms with Crippen LogP contribution in [0.25, 0.3) is 0 Å². The van der Waals surface area contributed by atoms with Crippen LogP contribution in [0.15, 0.2) is 16.5 Å². The minimum Gasteiger partial charge on any atom is -0.398 e. The number of anilines is 1. The Hall–Kier alpha value is -1.44. The molecule has 1 aromatic carbocycles. The zero-order chi connectivity index (χ0) is 15.8. The summed E-state index contributed by atoms with van der Waals surface area (Å²) in [5, 5.41) is 0. The van der Waals surface area contributed by atoms with Gasteiger partial charge in [0, 0.05) is 17.1 Å². The Kier molecular flexibility index (Phi) is 4.36. The topological polar surface area (TPSA) is 85.1 Å². The van der Waals surface area contributed by atoms with E-state index in [0.29, 0.717) is 16.8 Å². The Balaban J connectivity index is 2.37. The van der Waals surface area contributed by atoms with Crippen molar-refractivity contribution in [2.75, 3.05) is 5.73 Å². The molecule has 0 atom stereocenters. The summed E-state index contributed by atoms with van der Waals surface area (Å²) in [6.45, 7) is 7.50. The van der Waals surface area contributed by atoms with E-state index >= 15 is 0 Å². The zero-order valence-electron chi connectivity index (χ0n) is 12.5. The summed E-state index contributed by atoms with van der Waals surface area (Å²) in [5.74, 6) is 0. The Morgan fingerprint density at radius 2 is 1.90 bits per heavy atom. The van der Waals surface area contributed by atoms with Gasteiger partial charge in [0.2, 0.25) is 10.0 Å². The third-order valence-corrected chi connectivity index (χ3v) is 6.12. The smallest absolute Gasteiger partial charge is 0.241 e. The third kappa shape index (κ3) is 3.09. The van der Waals surface area contributed by atoms with E-state index in [0.717, 1.165) is 16.1 Å². The molecule has 0 saturated carbocycles. The molecule has 0 spiro atoms. The predicted molar refractivity (Wildman–Crippen MR) is 85.9 cm³/mol. The molecular formula is C14H19N3O2S2. The maximum absolute atomic E-state index is 12.6. The second-order valence-corrected chi connectivity index (χ2v) is 7.71. The summed E-state index contributed by atoms with van der Waals surface area (Å²) in [6, 6.07) is 1.80. The first-order chi connectivity index (χ1) is 9.74. The van der Waals surface area contributed by atoms with E-state index in [-0.39, 0.29) is 11.4 Å². The highest BCUT2D eigenvalue weighted by atomic mass is 32.2. The van der Waals surface area contributed by atoms with Gasteiger partial charge in [-0.05, 0) is 44.4 Å². The largest absolute Gasteiger partial charge is 0.398 e. The van der Waals surface area contributed by atoms with E-state index in [9.17, 15) is 8.42 Å². The number of nitrogens with two attached hydrogens (primary N) is 1. The fourth-order valence-corrected chi connectivity index (χ4v) is 4.61. The molecule has 1 aromatic heterocycles. The fraction of sp³-hybridized carbons (Fsp3) is 0.357. The lowest BCUT2D eigenvalue weighted by Crippen LogP contribution is -2.25. The molecule has 2 rings (SSSR count). The summed E-state index contributed by atoms with van der Waals surface area (Å²) in [4.78, 5) is 5.30. The maximum atomic E-state index is 12.6. The van der Waals surface area contributed by atoms with Crippen molar-refractivity contribution in [1.82, 2.24) is 9.71 Å². The number of benzene rings is 1. The normalized spacial score (nSPS) is 11.8. The van der Waals surface area contributed by atoms with Crippen LogP contribution in [0.3, 0.4) is 0 Å². The minimum atomic E-state index is -3.60. The molecular weight excluding hydrogens is 306 g/mol. The van der Waals surface area contributed by atoms with Crippen molar-refractivity contribution < 1.29 is 8.42 Å². The predicted octanol–water partition coefficient (Wildman–Crippen LogP) is 2.44. The number of hydrogen-bond donors (Lipinski definition) is 2. The fourth-order valence-electron chi connectivity index (χ4n) is 2.32. The van der Waals surface area contributed by atoms with Crippen LogP contribution in [0, 0.1) is 27.7 Å². The number of aromatic nitrogens is 1. The summed E-state index contributed by atoms with van der Waals surface area (Å²) in [6.07, 6.45) is 0. The third-order valence-electron chi connectivity index (χ3n) is 3.50. The Labute approximate surface area is 129 Å². The first kappa shape index (κ1) is 15.9. The van der Waals surface area contributed by atoms with Gasteiger partial charge in [0.25, 0.3) is 0 Å². The Bertz CT molecular complexity index is 780. The summed E-state index contributed by atoms with van der Waals surface area (Å²) >= 11 is 1.44. The van der Waals surface area contributed by atoms with Gasteiger partial charge in [-0.1, -0.05) is 6.07 Å². The number of nitrogen functional groups attached to an aromatic ring is 1. The van der Waals surface area contributed by atoms with Crippen LogP contribution >= 0.6 is 11.3 Å². The molecule has 114 valence electrons. The van der Waals surface area contributed by atoms with Crippen molar-refractivity contribution >= 4 is 27.0 Å². The van der Waals surface area contributed by atoms with Crippen LogP contribution in [0.2, 0.25) is 0 Å². The lowest BCUT2D eigenvalue weighted by molar-refractivity contribution is 0.580. The van der Waals surface area contributed by atoms with Crippen molar-refractivity contribution in [3.05, 3.63) is 38.8 Å². The van der Waals surface area contributed by atoms with Gasteiger partial charge in [0.1, 0.15) is 0 Å². The summed E-state index contributed by atoms with van der Waals surface area (Å²) in [5.41, 5.74) is 11.2. The van der Waals surface area contributed by atoms with Gasteiger partial charge in [-0.3, -0.25) is 0 Å². The summed E-state index contributed by atoms with van der Waals surface area (Å²) in [7, 11) is -3.60. The number of aryl methyl sites for hydroxylation is 3. The van der Waals surface area contributed by atoms with Gasteiger partial charge >= 0.3 is 0 Å². The molecule has 2 aromatic rings. The highest BCUT2D eigenvalue weighted by Gasteiger charge is 2.22. The molecule has 1 heterocycles. The van der Waals surface area contributed by atoms with Crippen LogP contribution in [0.1, 0.15) is 27.3 Å². The quantitative estimate of drug-likeness (QED) is 0.846. The van der Waals surface area contributed by atoms with Crippen LogP contribution in [-0.4, -0.2) is 13.4 Å². The SMILES string of the molecule is Cc1cc(C)c(S(=O)(=O)NCc2scnc2C)c(C)c1N. The van der Waals surface area contributed by atoms with Crippen LogP contribution in [-0.2, 0) is 16.6 Å². The van der Waals surface area contributed by atoms with E-state index in [4.69, 9.17) is 5.73 Å². The molecule has 0 saturated heterocycles. The molecule has 0 bridgehead atoms. The first-order valence-corrected chi connectivity index (χ1v) is 8.85. The molecule has 0 fully saturated rings. The monoisotopic (exact) mass is 325 g/mol. The van der Waals surface area contributed by atoms with Gasteiger partial charge in [-0.15, -0.1) is 11.3 Å². The average Bonchev–Trinajstić information content (AvgIpc) is 2.79. The lowest BCUT2D eigenvalue weighted by Gasteiger charge is -2.15. The molecule has 21 heavy (non-hydrogen) atoms. The van der Waals surface area contributed by atoms with E-state index in [1.807, 2.05) is 13.8 Å². The molecule has 0 unspecified atom stereocenters. The molecule has 7 heteroatoms. The van der Waals surface area contributed by atoms with E-state index < -0.39 is 10.0 Å². The molecule has 5 nitrogen and oxygen atoms in total. The minimum absolute atomic E-state index is 0.242. The number of nitrogens with one attached hydrogen (secondary N) is 1. The molecule has 0 amide bonds.